The Balaban J connectivity index is 0.000000259. The molecule has 1 heterocycles. The summed E-state index contributed by atoms with van der Waals surface area (Å²) in [5, 5.41) is 15.9. The maximum atomic E-state index is 11.7. The smallest absolute Gasteiger partial charge is 0.162 e. The van der Waals surface area contributed by atoms with Crippen molar-refractivity contribution in [3.05, 3.63) is 127 Å². The van der Waals surface area contributed by atoms with Crippen molar-refractivity contribution in [3.63, 3.8) is 0 Å². The van der Waals surface area contributed by atoms with Crippen molar-refractivity contribution in [2.45, 2.75) is 53.4 Å². The molecule has 0 saturated heterocycles. The number of pyridine rings is 1. The number of ketones is 1. The number of hydrogen-bond acceptors (Lipinski definition) is 3. The monoisotopic (exact) mass is 785 g/mol. The van der Waals surface area contributed by atoms with Crippen LogP contribution < -0.4 is 0 Å². The first-order chi connectivity index (χ1) is 22.0. The van der Waals surface area contributed by atoms with Crippen molar-refractivity contribution in [2.75, 3.05) is 0 Å². The molecule has 3 nitrogen and oxygen atoms in total. The summed E-state index contributed by atoms with van der Waals surface area (Å²) in [7, 11) is 0. The van der Waals surface area contributed by atoms with Crippen LogP contribution in [0.15, 0.2) is 121 Å². The third-order valence-corrected chi connectivity index (χ3v) is 8.84. The number of fused-ring (bicyclic) bond motifs is 4. The van der Waals surface area contributed by atoms with Gasteiger partial charge in [0.2, 0.25) is 0 Å². The van der Waals surface area contributed by atoms with E-state index in [1.54, 1.807) is 0 Å². The first-order valence-electron chi connectivity index (χ1n) is 16.2. The van der Waals surface area contributed by atoms with Gasteiger partial charge in [-0.1, -0.05) is 129 Å². The Bertz CT molecular complexity index is 1940. The second-order valence-electron chi connectivity index (χ2n) is 11.6. The first kappa shape index (κ1) is 34.8. The van der Waals surface area contributed by atoms with Gasteiger partial charge in [-0.2, -0.15) is 0 Å². The molecule has 0 spiro atoms. The number of carbonyl (C=O) groups is 1. The molecule has 4 heteroatoms. The zero-order valence-corrected chi connectivity index (χ0v) is 29.5. The molecular weight excluding hydrogens is 743 g/mol. The largest absolute Gasteiger partial charge is 0.512 e. The van der Waals surface area contributed by atoms with Crippen LogP contribution in [0.25, 0.3) is 54.8 Å². The minimum atomic E-state index is 0. The summed E-state index contributed by atoms with van der Waals surface area (Å²) < 4.78 is 0. The minimum absolute atomic E-state index is 0. The van der Waals surface area contributed by atoms with Crippen LogP contribution in [-0.4, -0.2) is 15.9 Å². The zero-order valence-electron chi connectivity index (χ0n) is 27.1. The van der Waals surface area contributed by atoms with Gasteiger partial charge in [-0.25, -0.2) is 0 Å². The molecule has 0 aliphatic carbocycles. The van der Waals surface area contributed by atoms with E-state index in [9.17, 15) is 9.90 Å². The van der Waals surface area contributed by atoms with Crippen molar-refractivity contribution < 1.29 is 30.0 Å². The van der Waals surface area contributed by atoms with E-state index in [0.29, 0.717) is 0 Å². The van der Waals surface area contributed by atoms with Crippen molar-refractivity contribution in [1.29, 1.82) is 0 Å². The van der Waals surface area contributed by atoms with E-state index in [1.165, 1.54) is 44.1 Å². The van der Waals surface area contributed by atoms with E-state index in [4.69, 9.17) is 4.98 Å². The Morgan fingerprint density at radius 3 is 2.02 bits per heavy atom. The maximum Gasteiger partial charge on any atom is 0.162 e. The van der Waals surface area contributed by atoms with Gasteiger partial charge in [-0.3, -0.25) is 9.78 Å². The fraction of sp³-hybridized carbons (Fsp3) is 0.238. The van der Waals surface area contributed by atoms with Gasteiger partial charge >= 0.3 is 0 Å². The van der Waals surface area contributed by atoms with Gasteiger partial charge in [0.15, 0.2) is 5.78 Å². The van der Waals surface area contributed by atoms with Gasteiger partial charge in [0, 0.05) is 43.4 Å². The summed E-state index contributed by atoms with van der Waals surface area (Å²) in [6, 6.07) is 41.7. The van der Waals surface area contributed by atoms with Crippen LogP contribution in [0, 0.1) is 17.9 Å². The van der Waals surface area contributed by atoms with Crippen LogP contribution in [0.2, 0.25) is 0 Å². The number of rotatable bonds is 9. The Labute approximate surface area is 286 Å². The number of para-hydroxylation sites is 1. The Morgan fingerprint density at radius 1 is 0.717 bits per heavy atom. The number of hydrogen-bond donors (Lipinski definition) is 1. The van der Waals surface area contributed by atoms with Crippen molar-refractivity contribution in [1.82, 2.24) is 4.98 Å². The molecule has 0 unspecified atom stereocenters. The zero-order chi connectivity index (χ0) is 31.8. The van der Waals surface area contributed by atoms with Gasteiger partial charge in [-0.15, -0.1) is 29.1 Å². The fourth-order valence-corrected chi connectivity index (χ4v) is 6.04. The minimum Gasteiger partial charge on any atom is -0.512 e. The number of nitrogens with zero attached hydrogens (tertiary/aromatic N) is 1. The third kappa shape index (κ3) is 7.81. The van der Waals surface area contributed by atoms with E-state index in [1.807, 2.05) is 33.8 Å². The number of aromatic nitrogens is 1. The predicted molar refractivity (Wildman–Crippen MR) is 190 cm³/mol. The molecule has 0 bridgehead atoms. The summed E-state index contributed by atoms with van der Waals surface area (Å²) in [5.74, 6) is 0.547. The molecular formula is C42H42IrNO2-. The van der Waals surface area contributed by atoms with Gasteiger partial charge in [0.05, 0.1) is 11.3 Å². The Hall–Kier alpha value is -4.11. The van der Waals surface area contributed by atoms with Crippen molar-refractivity contribution in [2.24, 2.45) is 11.8 Å². The van der Waals surface area contributed by atoms with Crippen LogP contribution in [0.3, 0.4) is 0 Å². The van der Waals surface area contributed by atoms with Crippen LogP contribution in [0.1, 0.15) is 53.4 Å². The molecule has 0 aliphatic heterocycles. The molecule has 46 heavy (non-hydrogen) atoms. The molecule has 237 valence electrons. The fourth-order valence-electron chi connectivity index (χ4n) is 6.04. The van der Waals surface area contributed by atoms with E-state index in [-0.39, 0.29) is 43.5 Å². The molecule has 0 amide bonds. The van der Waals surface area contributed by atoms with Crippen molar-refractivity contribution >= 4 is 38.2 Å². The molecule has 0 saturated carbocycles. The predicted octanol–water partition coefficient (Wildman–Crippen LogP) is 11.5. The van der Waals surface area contributed by atoms with E-state index in [2.05, 4.69) is 109 Å². The summed E-state index contributed by atoms with van der Waals surface area (Å²) in [5.41, 5.74) is 5.36. The van der Waals surface area contributed by atoms with Crippen LogP contribution in [0.5, 0.6) is 0 Å². The number of allylic oxidation sites excluding steroid dienone is 2. The van der Waals surface area contributed by atoms with Crippen LogP contribution in [-0.2, 0) is 24.9 Å². The summed E-state index contributed by atoms with van der Waals surface area (Å²) in [6.07, 6.45) is 4.91. The Kier molecular flexibility index (Phi) is 12.4. The summed E-state index contributed by atoms with van der Waals surface area (Å²) in [6.45, 7) is 8.07. The number of aliphatic hydroxyl groups is 1. The second-order valence-corrected chi connectivity index (χ2v) is 11.6. The van der Waals surface area contributed by atoms with Gasteiger partial charge in [0.1, 0.15) is 0 Å². The van der Waals surface area contributed by atoms with E-state index < -0.39 is 0 Å². The van der Waals surface area contributed by atoms with Crippen LogP contribution in [0.4, 0.5) is 0 Å². The molecule has 0 fully saturated rings. The molecule has 1 aromatic heterocycles. The first-order valence-corrected chi connectivity index (χ1v) is 16.2. The summed E-state index contributed by atoms with van der Waals surface area (Å²) in [4.78, 5) is 16.7. The number of benzene rings is 5. The molecule has 0 atom stereocenters. The van der Waals surface area contributed by atoms with Crippen molar-refractivity contribution in [3.8, 4) is 22.4 Å². The maximum absolute atomic E-state index is 11.7. The van der Waals surface area contributed by atoms with Gasteiger partial charge < -0.3 is 5.11 Å². The average Bonchev–Trinajstić information content (AvgIpc) is 3.09. The van der Waals surface area contributed by atoms with Crippen LogP contribution >= 0.6 is 0 Å². The Morgan fingerprint density at radius 2 is 1.33 bits per heavy atom. The summed E-state index contributed by atoms with van der Waals surface area (Å²) >= 11 is 0. The third-order valence-electron chi connectivity index (χ3n) is 8.84. The van der Waals surface area contributed by atoms with E-state index >= 15 is 0 Å². The van der Waals surface area contributed by atoms with Gasteiger partial charge in [0.25, 0.3) is 0 Å². The quantitative estimate of drug-likeness (QED) is 0.0687. The average molecular weight is 785 g/mol. The number of carbonyl (C=O) groups excluding carboxylic acids is 1. The SMILES string of the molecule is CCC(CC)C(=O)/C=C(\O)C(CC)CC.[Ir].[c-]1cc2c(ccc3ccccc32)cc1-c1cc(-c2ccccc2)c2ccccc2n1. The number of aliphatic hydroxyl groups excluding tert-OH is 1. The van der Waals surface area contributed by atoms with E-state index in [0.717, 1.165) is 42.5 Å². The standard InChI is InChI=1S/C29H18N.C13H24O2.Ir/c1-2-8-20(9-3-1)27-19-29(30-28-13-7-6-12-26(27)28)23-16-17-25-22(18-23)15-14-21-10-4-5-11-24(21)25;1-5-10(6-2)12(14)9-13(15)11(7-3)8-4;/h1-15,17-19H;9-11,14H,5-8H2,1-4H3;/q-1;;/b;12-9-;. The molecule has 1 N–H and O–H groups in total. The normalized spacial score (nSPS) is 11.5. The second kappa shape index (κ2) is 16.5. The topological polar surface area (TPSA) is 50.2 Å². The molecule has 6 rings (SSSR count). The van der Waals surface area contributed by atoms with Gasteiger partial charge in [-0.05, 0) is 54.0 Å². The molecule has 1 radical (unpaired) electrons. The molecule has 5 aromatic carbocycles. The molecule has 6 aromatic rings. The molecule has 0 aliphatic rings.